The Morgan fingerprint density at radius 2 is 2.33 bits per heavy atom. The van der Waals surface area contributed by atoms with Gasteiger partial charge < -0.3 is 10.4 Å². The van der Waals surface area contributed by atoms with Crippen molar-refractivity contribution >= 4 is 11.3 Å². The lowest BCUT2D eigenvalue weighted by Crippen LogP contribution is -2.45. The molecule has 86 valence electrons. The predicted molar refractivity (Wildman–Crippen MR) is 64.1 cm³/mol. The van der Waals surface area contributed by atoms with E-state index in [1.807, 2.05) is 12.4 Å². The summed E-state index contributed by atoms with van der Waals surface area (Å²) in [7, 11) is 0. The Labute approximate surface area is 95.6 Å². The molecule has 0 bridgehead atoms. The van der Waals surface area contributed by atoms with E-state index in [1.165, 1.54) is 4.88 Å². The SMILES string of the molecule is CCC[C@](C)(CO)NCc1scnc1C. The zero-order valence-electron chi connectivity index (χ0n) is 9.71. The molecule has 0 unspecified atom stereocenters. The van der Waals surface area contributed by atoms with Gasteiger partial charge in [0.05, 0.1) is 17.8 Å². The zero-order chi connectivity index (χ0) is 11.3. The van der Waals surface area contributed by atoms with Crippen LogP contribution in [0.5, 0.6) is 0 Å². The van der Waals surface area contributed by atoms with Crippen LogP contribution in [0.25, 0.3) is 0 Å². The maximum Gasteiger partial charge on any atom is 0.0798 e. The molecule has 0 aliphatic rings. The van der Waals surface area contributed by atoms with E-state index in [0.29, 0.717) is 0 Å². The van der Waals surface area contributed by atoms with Crippen molar-refractivity contribution in [3.05, 3.63) is 16.1 Å². The Bertz CT molecular complexity index is 301. The highest BCUT2D eigenvalue weighted by Crippen LogP contribution is 2.16. The van der Waals surface area contributed by atoms with Crippen molar-refractivity contribution in [3.8, 4) is 0 Å². The van der Waals surface area contributed by atoms with Gasteiger partial charge in [-0.3, -0.25) is 0 Å². The van der Waals surface area contributed by atoms with Crippen molar-refractivity contribution in [2.45, 2.75) is 45.7 Å². The van der Waals surface area contributed by atoms with E-state index < -0.39 is 0 Å². The molecule has 4 heteroatoms. The molecule has 1 atom stereocenters. The Hall–Kier alpha value is -0.450. The van der Waals surface area contributed by atoms with Crippen LogP contribution in [0.2, 0.25) is 0 Å². The van der Waals surface area contributed by atoms with Crippen molar-refractivity contribution in [1.82, 2.24) is 10.3 Å². The second-order valence-electron chi connectivity index (χ2n) is 4.18. The van der Waals surface area contributed by atoms with Gasteiger partial charge in [-0.15, -0.1) is 11.3 Å². The molecule has 0 fully saturated rings. The summed E-state index contributed by atoms with van der Waals surface area (Å²) in [6, 6.07) is 0. The Kier molecular flexibility index (Phi) is 4.70. The molecule has 1 aromatic heterocycles. The van der Waals surface area contributed by atoms with Crippen LogP contribution in [0.4, 0.5) is 0 Å². The largest absolute Gasteiger partial charge is 0.394 e. The van der Waals surface area contributed by atoms with Gasteiger partial charge in [-0.05, 0) is 20.3 Å². The van der Waals surface area contributed by atoms with Crippen LogP contribution in [0.3, 0.4) is 0 Å². The minimum absolute atomic E-state index is 0.162. The van der Waals surface area contributed by atoms with Crippen LogP contribution >= 0.6 is 11.3 Å². The lowest BCUT2D eigenvalue weighted by molar-refractivity contribution is 0.163. The van der Waals surface area contributed by atoms with Gasteiger partial charge in [0.2, 0.25) is 0 Å². The number of hydrogen-bond donors (Lipinski definition) is 2. The Morgan fingerprint density at radius 1 is 1.60 bits per heavy atom. The molecule has 3 nitrogen and oxygen atoms in total. The second kappa shape index (κ2) is 5.58. The molecule has 0 radical (unpaired) electrons. The number of nitrogens with one attached hydrogen (secondary N) is 1. The van der Waals surface area contributed by atoms with E-state index in [-0.39, 0.29) is 12.1 Å². The van der Waals surface area contributed by atoms with Crippen molar-refractivity contribution in [2.24, 2.45) is 0 Å². The maximum atomic E-state index is 9.34. The first kappa shape index (κ1) is 12.6. The lowest BCUT2D eigenvalue weighted by atomic mass is 9.97. The highest BCUT2D eigenvalue weighted by Gasteiger charge is 2.21. The van der Waals surface area contributed by atoms with E-state index in [0.717, 1.165) is 25.1 Å². The van der Waals surface area contributed by atoms with Crippen LogP contribution in [0, 0.1) is 6.92 Å². The number of aromatic nitrogens is 1. The first-order valence-corrected chi connectivity index (χ1v) is 6.24. The smallest absolute Gasteiger partial charge is 0.0798 e. The third-order valence-corrected chi connectivity index (χ3v) is 3.61. The van der Waals surface area contributed by atoms with E-state index in [1.54, 1.807) is 11.3 Å². The van der Waals surface area contributed by atoms with E-state index in [4.69, 9.17) is 0 Å². The summed E-state index contributed by atoms with van der Waals surface area (Å²) in [5.74, 6) is 0. The fraction of sp³-hybridized carbons (Fsp3) is 0.727. The normalized spacial score (nSPS) is 15.2. The van der Waals surface area contributed by atoms with E-state index in [2.05, 4.69) is 24.1 Å². The van der Waals surface area contributed by atoms with Crippen molar-refractivity contribution in [2.75, 3.05) is 6.61 Å². The van der Waals surface area contributed by atoms with Crippen LogP contribution < -0.4 is 5.32 Å². The summed E-state index contributed by atoms with van der Waals surface area (Å²) in [6.07, 6.45) is 2.06. The summed E-state index contributed by atoms with van der Waals surface area (Å²) in [4.78, 5) is 5.46. The minimum atomic E-state index is -0.162. The van der Waals surface area contributed by atoms with Gasteiger partial charge in [0, 0.05) is 17.0 Å². The van der Waals surface area contributed by atoms with Gasteiger partial charge in [0.15, 0.2) is 0 Å². The molecule has 0 spiro atoms. The average molecular weight is 228 g/mol. The molecular formula is C11H20N2OS. The van der Waals surface area contributed by atoms with E-state index in [9.17, 15) is 5.11 Å². The quantitative estimate of drug-likeness (QED) is 0.783. The molecule has 0 aliphatic heterocycles. The molecule has 2 N–H and O–H groups in total. The number of aliphatic hydroxyl groups is 1. The van der Waals surface area contributed by atoms with Gasteiger partial charge in [-0.25, -0.2) is 4.98 Å². The average Bonchev–Trinajstić information content (AvgIpc) is 2.62. The van der Waals surface area contributed by atoms with Gasteiger partial charge >= 0.3 is 0 Å². The first-order chi connectivity index (χ1) is 7.11. The third-order valence-electron chi connectivity index (χ3n) is 2.67. The van der Waals surface area contributed by atoms with Crippen molar-refractivity contribution in [1.29, 1.82) is 0 Å². The number of rotatable bonds is 6. The lowest BCUT2D eigenvalue weighted by Gasteiger charge is -2.28. The molecular weight excluding hydrogens is 208 g/mol. The van der Waals surface area contributed by atoms with Crippen LogP contribution in [0.15, 0.2) is 5.51 Å². The highest BCUT2D eigenvalue weighted by atomic mass is 32.1. The summed E-state index contributed by atoms with van der Waals surface area (Å²) in [6.45, 7) is 7.19. The Morgan fingerprint density at radius 3 is 2.80 bits per heavy atom. The zero-order valence-corrected chi connectivity index (χ0v) is 10.5. The maximum absolute atomic E-state index is 9.34. The molecule has 0 amide bonds. The summed E-state index contributed by atoms with van der Waals surface area (Å²) < 4.78 is 0. The number of aliphatic hydroxyl groups excluding tert-OH is 1. The van der Waals surface area contributed by atoms with Gasteiger partial charge in [-0.2, -0.15) is 0 Å². The summed E-state index contributed by atoms with van der Waals surface area (Å²) in [5, 5.41) is 12.7. The van der Waals surface area contributed by atoms with Gasteiger partial charge in [0.1, 0.15) is 0 Å². The van der Waals surface area contributed by atoms with Crippen LogP contribution in [-0.2, 0) is 6.54 Å². The molecule has 0 saturated heterocycles. The topological polar surface area (TPSA) is 45.1 Å². The Balaban J connectivity index is 2.51. The number of aryl methyl sites for hydroxylation is 1. The standard InChI is InChI=1S/C11H20N2OS/c1-4-5-11(3,7-14)13-6-10-9(2)12-8-15-10/h8,13-14H,4-7H2,1-3H3/t11-/m1/s1. The third kappa shape index (κ3) is 3.55. The second-order valence-corrected chi connectivity index (χ2v) is 5.12. The molecule has 0 aromatic carbocycles. The fourth-order valence-corrected chi connectivity index (χ4v) is 2.28. The van der Waals surface area contributed by atoms with Crippen molar-refractivity contribution < 1.29 is 5.11 Å². The van der Waals surface area contributed by atoms with Crippen LogP contribution in [-0.4, -0.2) is 22.2 Å². The number of nitrogens with zero attached hydrogens (tertiary/aromatic N) is 1. The summed E-state index contributed by atoms with van der Waals surface area (Å²) in [5.41, 5.74) is 2.79. The molecule has 0 aliphatic carbocycles. The van der Waals surface area contributed by atoms with E-state index >= 15 is 0 Å². The van der Waals surface area contributed by atoms with Crippen LogP contribution in [0.1, 0.15) is 37.3 Å². The number of thiazole rings is 1. The molecule has 15 heavy (non-hydrogen) atoms. The molecule has 0 saturated carbocycles. The molecule has 1 rings (SSSR count). The van der Waals surface area contributed by atoms with Gasteiger partial charge in [0.25, 0.3) is 0 Å². The number of hydrogen-bond acceptors (Lipinski definition) is 4. The fourth-order valence-electron chi connectivity index (χ4n) is 1.56. The minimum Gasteiger partial charge on any atom is -0.394 e. The van der Waals surface area contributed by atoms with Gasteiger partial charge in [-0.1, -0.05) is 13.3 Å². The first-order valence-electron chi connectivity index (χ1n) is 5.36. The summed E-state index contributed by atoms with van der Waals surface area (Å²) >= 11 is 1.66. The molecule has 1 aromatic rings. The predicted octanol–water partition coefficient (Wildman–Crippen LogP) is 2.09. The molecule has 1 heterocycles. The van der Waals surface area contributed by atoms with Crippen molar-refractivity contribution in [3.63, 3.8) is 0 Å². The highest BCUT2D eigenvalue weighted by molar-refractivity contribution is 7.09. The monoisotopic (exact) mass is 228 g/mol.